The van der Waals surface area contributed by atoms with E-state index in [1.54, 1.807) is 36.5 Å². The Hall–Kier alpha value is -5.52. The Morgan fingerprint density at radius 3 is 2.32 bits per heavy atom. The van der Waals surface area contributed by atoms with Crippen molar-refractivity contribution >= 4 is 50.3 Å². The van der Waals surface area contributed by atoms with Crippen LogP contribution >= 0.6 is 0 Å². The number of benzene rings is 2. The summed E-state index contributed by atoms with van der Waals surface area (Å²) in [6, 6.07) is 11.2. The van der Waals surface area contributed by atoms with Crippen molar-refractivity contribution in [2.45, 2.75) is 50.5 Å². The van der Waals surface area contributed by atoms with E-state index < -0.39 is 44.5 Å². The number of nitrogens with two attached hydrogens (primary N) is 1. The molecule has 5 aromatic rings. The van der Waals surface area contributed by atoms with Crippen LogP contribution in [0.3, 0.4) is 0 Å². The molecule has 2 fully saturated rings. The van der Waals surface area contributed by atoms with Crippen LogP contribution in [-0.2, 0) is 15.0 Å². The fourth-order valence-electron chi connectivity index (χ4n) is 7.33. The molecule has 7 rings (SSSR count). The van der Waals surface area contributed by atoms with Crippen LogP contribution in [0.4, 0.5) is 26.1 Å². The number of nitrogen functional groups attached to an aromatic ring is 1. The first-order valence-electron chi connectivity index (χ1n) is 18.4. The van der Waals surface area contributed by atoms with E-state index in [0.717, 1.165) is 35.0 Å². The third kappa shape index (κ3) is 7.92. The molecule has 3 aromatic heterocycles. The highest BCUT2D eigenvalue weighted by Gasteiger charge is 2.37. The van der Waals surface area contributed by atoms with Crippen molar-refractivity contribution in [3.05, 3.63) is 95.6 Å². The van der Waals surface area contributed by atoms with Gasteiger partial charge in [-0.15, -0.1) is 0 Å². The van der Waals surface area contributed by atoms with E-state index in [0.29, 0.717) is 67.7 Å². The number of carbonyl (C=O) groups is 2. The van der Waals surface area contributed by atoms with Crippen LogP contribution < -0.4 is 15.4 Å². The average molecular weight is 788 g/mol. The first-order chi connectivity index (χ1) is 26.7. The van der Waals surface area contributed by atoms with Crippen molar-refractivity contribution in [3.8, 4) is 11.1 Å². The van der Waals surface area contributed by atoms with Gasteiger partial charge < -0.3 is 25.6 Å². The van der Waals surface area contributed by atoms with Gasteiger partial charge in [0.15, 0.2) is 5.82 Å². The second-order valence-corrected chi connectivity index (χ2v) is 16.2. The largest absolute Gasteiger partial charge is 0.399 e. The molecule has 1 aliphatic carbocycles. The number of nitrogens with one attached hydrogen (secondary N) is 2. The minimum absolute atomic E-state index is 0.0672. The lowest BCUT2D eigenvalue weighted by Gasteiger charge is -2.39. The van der Waals surface area contributed by atoms with Crippen LogP contribution in [0.15, 0.2) is 67.3 Å². The molecular formula is C39H43F2N9O5S. The summed E-state index contributed by atoms with van der Waals surface area (Å²) < 4.78 is 58.6. The molecule has 0 radical (unpaired) electrons. The molecule has 2 aromatic carbocycles. The smallest absolute Gasteiger partial charge is 0.301 e. The van der Waals surface area contributed by atoms with Gasteiger partial charge in [0.05, 0.1) is 23.3 Å². The fourth-order valence-corrected chi connectivity index (χ4v) is 8.26. The van der Waals surface area contributed by atoms with E-state index in [2.05, 4.69) is 24.7 Å². The second kappa shape index (κ2) is 15.5. The van der Waals surface area contributed by atoms with E-state index in [1.807, 2.05) is 29.2 Å². The summed E-state index contributed by atoms with van der Waals surface area (Å²) in [7, 11) is -2.85. The maximum Gasteiger partial charge on any atom is 0.301 e. The number of aromatic nitrogens is 4. The molecular weight excluding hydrogens is 745 g/mol. The number of fused-ring (bicyclic) bond motifs is 1. The quantitative estimate of drug-likeness (QED) is 0.106. The van der Waals surface area contributed by atoms with E-state index in [-0.39, 0.29) is 29.8 Å². The van der Waals surface area contributed by atoms with Crippen molar-refractivity contribution in [3.63, 3.8) is 0 Å². The van der Waals surface area contributed by atoms with Crippen molar-refractivity contribution in [1.29, 1.82) is 0 Å². The Kier molecular flexibility index (Phi) is 10.8. The highest BCUT2D eigenvalue weighted by Crippen LogP contribution is 2.40. The molecule has 1 amide bonds. The molecule has 1 saturated carbocycles. The predicted octanol–water partition coefficient (Wildman–Crippen LogP) is 4.85. The number of pyridine rings is 1. The lowest BCUT2D eigenvalue weighted by atomic mass is 9.74. The summed E-state index contributed by atoms with van der Waals surface area (Å²) in [5.41, 5.74) is 6.59. The molecule has 1 aliphatic heterocycles. The number of ketones is 1. The van der Waals surface area contributed by atoms with Gasteiger partial charge in [-0.3, -0.25) is 14.3 Å². The SMILES string of the molecule is CCN(C)S(=O)(=O)Nc1ccc(F)c(C(=O)c2c[nH]c3ncc(-c4cnc(N5CCN(C(=O)CC6(O)CCC(c7ccc(N)cc7)CC6)CC5)nc4)cc23)c1F. The molecule has 5 N–H and O–H groups in total. The van der Waals surface area contributed by atoms with E-state index in [4.69, 9.17) is 5.73 Å². The van der Waals surface area contributed by atoms with Crippen LogP contribution in [0.5, 0.6) is 0 Å². The van der Waals surface area contributed by atoms with Crippen LogP contribution in [0.1, 0.15) is 66.4 Å². The molecule has 1 saturated heterocycles. The zero-order valence-corrected chi connectivity index (χ0v) is 31.8. The molecule has 2 aliphatic rings. The van der Waals surface area contributed by atoms with Gasteiger partial charge in [0, 0.05) is 92.3 Å². The number of rotatable bonds is 11. The van der Waals surface area contributed by atoms with Crippen LogP contribution in [0.25, 0.3) is 22.2 Å². The summed E-state index contributed by atoms with van der Waals surface area (Å²) in [5, 5.41) is 11.6. The Balaban J connectivity index is 0.985. The van der Waals surface area contributed by atoms with Crippen molar-refractivity contribution in [1.82, 2.24) is 29.1 Å². The number of anilines is 3. The van der Waals surface area contributed by atoms with Crippen LogP contribution in [0, 0.1) is 11.6 Å². The Morgan fingerprint density at radius 1 is 1.00 bits per heavy atom. The maximum atomic E-state index is 15.6. The standard InChI is InChI=1S/C39H43F2N9O5S/c1-3-48(2)56(54,55)47-32-9-8-31(40)34(35(32)41)36(52)30-23-44-37-29(30)18-26(20-43-37)27-21-45-38(46-22-27)50-16-14-49(15-17-50)33(51)19-39(53)12-10-25(11-13-39)24-4-6-28(42)7-5-24/h4-9,18,20-23,25,47,53H,3,10-17,19,42H2,1-2H3,(H,43,44). The van der Waals surface area contributed by atoms with Gasteiger partial charge in [-0.2, -0.15) is 12.7 Å². The lowest BCUT2D eigenvalue weighted by molar-refractivity contribution is -0.138. The van der Waals surface area contributed by atoms with E-state index in [9.17, 15) is 27.5 Å². The number of carbonyl (C=O) groups excluding carboxylic acids is 2. The third-order valence-corrected chi connectivity index (χ3v) is 12.4. The zero-order valence-electron chi connectivity index (χ0n) is 31.0. The van der Waals surface area contributed by atoms with Gasteiger partial charge in [-0.25, -0.2) is 23.7 Å². The molecule has 14 nitrogen and oxygen atoms in total. The fraction of sp³-hybridized carbons (Fsp3) is 0.359. The topological polar surface area (TPSA) is 191 Å². The number of piperazine rings is 1. The van der Waals surface area contributed by atoms with Gasteiger partial charge in [0.2, 0.25) is 17.6 Å². The van der Waals surface area contributed by atoms with Gasteiger partial charge >= 0.3 is 10.2 Å². The Morgan fingerprint density at radius 2 is 1.66 bits per heavy atom. The van der Waals surface area contributed by atoms with Crippen molar-refractivity contribution < 1.29 is 31.9 Å². The summed E-state index contributed by atoms with van der Waals surface area (Å²) in [5.74, 6) is -2.76. The second-order valence-electron chi connectivity index (χ2n) is 14.4. The van der Waals surface area contributed by atoms with E-state index in [1.165, 1.54) is 18.8 Å². The van der Waals surface area contributed by atoms with Gasteiger partial charge in [0.25, 0.3) is 0 Å². The number of aliphatic hydroxyl groups is 1. The number of hydrogen-bond acceptors (Lipinski definition) is 10. The molecule has 0 bridgehead atoms. The van der Waals surface area contributed by atoms with Crippen molar-refractivity contribution in [2.75, 3.05) is 55.1 Å². The van der Waals surface area contributed by atoms with Crippen molar-refractivity contribution in [2.24, 2.45) is 0 Å². The molecule has 4 heterocycles. The number of amides is 1. The number of halogens is 2. The number of aromatic amines is 1. The number of H-pyrrole nitrogens is 1. The molecule has 0 atom stereocenters. The molecule has 0 spiro atoms. The first-order valence-corrected chi connectivity index (χ1v) is 19.9. The minimum Gasteiger partial charge on any atom is -0.399 e. The lowest BCUT2D eigenvalue weighted by Crippen LogP contribution is -2.51. The predicted molar refractivity (Wildman–Crippen MR) is 208 cm³/mol. The highest BCUT2D eigenvalue weighted by atomic mass is 32.2. The van der Waals surface area contributed by atoms with Crippen LogP contribution in [-0.4, -0.2) is 99.7 Å². The molecule has 294 valence electrons. The molecule has 56 heavy (non-hydrogen) atoms. The third-order valence-electron chi connectivity index (χ3n) is 10.9. The van der Waals surface area contributed by atoms with E-state index >= 15 is 4.39 Å². The monoisotopic (exact) mass is 787 g/mol. The number of nitrogens with zero attached hydrogens (tertiary/aromatic N) is 6. The Bertz CT molecular complexity index is 2360. The number of hydrogen-bond donors (Lipinski definition) is 4. The summed E-state index contributed by atoms with van der Waals surface area (Å²) >= 11 is 0. The summed E-state index contributed by atoms with van der Waals surface area (Å²) in [6.07, 6.45) is 8.89. The summed E-state index contributed by atoms with van der Waals surface area (Å²) in [4.78, 5) is 46.9. The van der Waals surface area contributed by atoms with Gasteiger partial charge in [-0.05, 0) is 67.5 Å². The van der Waals surface area contributed by atoms with Crippen LogP contribution in [0.2, 0.25) is 0 Å². The first kappa shape index (κ1) is 38.7. The molecule has 0 unspecified atom stereocenters. The van der Waals surface area contributed by atoms with Gasteiger partial charge in [-0.1, -0.05) is 19.1 Å². The maximum absolute atomic E-state index is 15.6. The molecule has 17 heteroatoms. The highest BCUT2D eigenvalue weighted by molar-refractivity contribution is 7.90. The minimum atomic E-state index is -4.15. The Labute approximate surface area is 322 Å². The zero-order chi connectivity index (χ0) is 39.8. The normalized spacial score (nSPS) is 19.1. The average Bonchev–Trinajstić information content (AvgIpc) is 3.63. The summed E-state index contributed by atoms with van der Waals surface area (Å²) in [6.45, 7) is 3.64. The van der Waals surface area contributed by atoms with Gasteiger partial charge in [0.1, 0.15) is 11.5 Å².